The van der Waals surface area contributed by atoms with Crippen LogP contribution in [-0.4, -0.2) is 45.9 Å². The van der Waals surface area contributed by atoms with Gasteiger partial charge in [0.1, 0.15) is 18.0 Å². The number of aliphatic hydroxyl groups excluding tert-OH is 1. The Kier molecular flexibility index (Phi) is 5.33. The highest BCUT2D eigenvalue weighted by atomic mass is 19.3. The maximum absolute atomic E-state index is 14.2. The van der Waals surface area contributed by atoms with Crippen LogP contribution in [0.15, 0.2) is 17.1 Å². The number of nitrogens with one attached hydrogen (secondary N) is 1. The van der Waals surface area contributed by atoms with Crippen molar-refractivity contribution < 1.29 is 18.6 Å². The minimum absolute atomic E-state index is 0.0666. The summed E-state index contributed by atoms with van der Waals surface area (Å²) in [6.45, 7) is 4.79. The second-order valence-corrected chi connectivity index (χ2v) is 6.08. The second kappa shape index (κ2) is 6.90. The molecule has 1 saturated heterocycles. The van der Waals surface area contributed by atoms with Crippen LogP contribution in [0.25, 0.3) is 0 Å². The third kappa shape index (κ3) is 3.85. The molecule has 0 aromatic carbocycles. The first-order valence-electron chi connectivity index (χ1n) is 7.50. The maximum Gasteiger partial charge on any atom is 0.351 e. The van der Waals surface area contributed by atoms with Gasteiger partial charge in [0.05, 0.1) is 0 Å². The van der Waals surface area contributed by atoms with E-state index in [2.05, 4.69) is 10.3 Å². The Morgan fingerprint density at radius 1 is 1.57 bits per heavy atom. The Bertz CT molecular complexity index is 594. The molecule has 0 spiro atoms. The van der Waals surface area contributed by atoms with E-state index in [0.29, 0.717) is 17.0 Å². The van der Waals surface area contributed by atoms with Crippen LogP contribution >= 0.6 is 0 Å². The van der Waals surface area contributed by atoms with Crippen LogP contribution in [-0.2, 0) is 4.74 Å². The van der Waals surface area contributed by atoms with Crippen LogP contribution in [0.4, 0.5) is 14.6 Å². The fourth-order valence-electron chi connectivity index (χ4n) is 2.37. The Balaban J connectivity index is 2.09. The Morgan fingerprint density at radius 3 is 2.87 bits per heavy atom. The molecule has 0 aliphatic carbocycles. The summed E-state index contributed by atoms with van der Waals surface area (Å²) in [5.74, 6) is -3.20. The molecule has 1 aromatic rings. The minimum atomic E-state index is -3.61. The number of nitrogens with two attached hydrogens (primary N) is 1. The molecule has 1 fully saturated rings. The van der Waals surface area contributed by atoms with Crippen LogP contribution in [0.1, 0.15) is 26.5 Å². The van der Waals surface area contributed by atoms with Gasteiger partial charge in [0.25, 0.3) is 0 Å². The number of hydrogen-bond acceptors (Lipinski definition) is 6. The van der Waals surface area contributed by atoms with Crippen molar-refractivity contribution in [3.8, 4) is 0 Å². The molecule has 1 aliphatic rings. The molecule has 1 aromatic heterocycles. The van der Waals surface area contributed by atoms with Crippen molar-refractivity contribution in [3.05, 3.63) is 22.7 Å². The number of aliphatic hydroxyl groups is 1. The van der Waals surface area contributed by atoms with Crippen molar-refractivity contribution in [1.29, 1.82) is 0 Å². The molecule has 2 heterocycles. The molecule has 4 N–H and O–H groups in total. The van der Waals surface area contributed by atoms with Crippen LogP contribution in [0, 0.1) is 5.92 Å². The van der Waals surface area contributed by atoms with Crippen molar-refractivity contribution in [2.24, 2.45) is 5.92 Å². The average Bonchev–Trinajstić information content (AvgIpc) is 2.67. The second-order valence-electron chi connectivity index (χ2n) is 6.08. The molecular weight excluding hydrogens is 310 g/mol. The zero-order valence-corrected chi connectivity index (χ0v) is 13.1. The molecule has 7 nitrogen and oxygen atoms in total. The van der Waals surface area contributed by atoms with Crippen LogP contribution < -0.4 is 16.7 Å². The van der Waals surface area contributed by atoms with E-state index in [1.54, 1.807) is 0 Å². The van der Waals surface area contributed by atoms with E-state index in [1.165, 1.54) is 6.07 Å². The monoisotopic (exact) mass is 332 g/mol. The van der Waals surface area contributed by atoms with E-state index in [-0.39, 0.29) is 12.4 Å². The van der Waals surface area contributed by atoms with Gasteiger partial charge in [-0.15, -0.1) is 0 Å². The highest BCUT2D eigenvalue weighted by Gasteiger charge is 2.59. The van der Waals surface area contributed by atoms with Crippen molar-refractivity contribution >= 4 is 5.82 Å². The molecule has 9 heteroatoms. The number of nitrogen functional groups attached to an aromatic ring is 1. The number of aromatic nitrogens is 2. The maximum atomic E-state index is 14.2. The fraction of sp³-hybridized carbons (Fsp3) is 0.714. The van der Waals surface area contributed by atoms with Crippen molar-refractivity contribution in [3.63, 3.8) is 0 Å². The molecule has 0 unspecified atom stereocenters. The van der Waals surface area contributed by atoms with Gasteiger partial charge in [-0.05, 0) is 24.9 Å². The van der Waals surface area contributed by atoms with Gasteiger partial charge >= 0.3 is 11.6 Å². The molecule has 130 valence electrons. The highest BCUT2D eigenvalue weighted by Crippen LogP contribution is 2.41. The van der Waals surface area contributed by atoms with Crippen molar-refractivity contribution in [1.82, 2.24) is 14.9 Å². The van der Waals surface area contributed by atoms with E-state index in [1.807, 2.05) is 13.8 Å². The van der Waals surface area contributed by atoms with E-state index >= 15 is 0 Å². The lowest BCUT2D eigenvalue weighted by Crippen LogP contribution is -2.43. The van der Waals surface area contributed by atoms with Crippen molar-refractivity contribution in [2.45, 2.75) is 44.6 Å². The molecule has 1 aliphatic heterocycles. The molecule has 3 atom stereocenters. The lowest BCUT2D eigenvalue weighted by Gasteiger charge is -2.20. The van der Waals surface area contributed by atoms with E-state index in [9.17, 15) is 18.7 Å². The topological polar surface area (TPSA) is 102 Å². The Morgan fingerprint density at radius 2 is 2.26 bits per heavy atom. The van der Waals surface area contributed by atoms with Crippen LogP contribution in [0.2, 0.25) is 0 Å². The number of nitrogens with zero attached hydrogens (tertiary/aromatic N) is 2. The zero-order chi connectivity index (χ0) is 17.2. The van der Waals surface area contributed by atoms with Gasteiger partial charge in [-0.1, -0.05) is 13.8 Å². The summed E-state index contributed by atoms with van der Waals surface area (Å²) in [6.07, 6.45) is -3.07. The van der Waals surface area contributed by atoms with Gasteiger partial charge in [0.15, 0.2) is 0 Å². The van der Waals surface area contributed by atoms with E-state index in [4.69, 9.17) is 10.5 Å². The third-order valence-electron chi connectivity index (χ3n) is 3.73. The summed E-state index contributed by atoms with van der Waals surface area (Å²) in [5.41, 5.74) is 4.39. The SMILES string of the molecule is CC(C)CCNC[C@H]1O[C@@H](n2ccc(N)nc2=O)C(F)(F)[C@@H]1O. The fourth-order valence-corrected chi connectivity index (χ4v) is 2.37. The quantitative estimate of drug-likeness (QED) is 0.650. The first-order valence-corrected chi connectivity index (χ1v) is 7.50. The smallest absolute Gasteiger partial charge is 0.351 e. The predicted octanol–water partition coefficient (Wildman–Crippen LogP) is 0.355. The summed E-state index contributed by atoms with van der Waals surface area (Å²) in [4.78, 5) is 15.1. The van der Waals surface area contributed by atoms with Gasteiger partial charge in [-0.3, -0.25) is 4.57 Å². The zero-order valence-electron chi connectivity index (χ0n) is 13.1. The van der Waals surface area contributed by atoms with Gasteiger partial charge in [0, 0.05) is 12.7 Å². The molecule has 0 amide bonds. The molecule has 0 radical (unpaired) electrons. The minimum Gasteiger partial charge on any atom is -0.384 e. The third-order valence-corrected chi connectivity index (χ3v) is 3.73. The standard InChI is InChI=1S/C14H22F2N4O3/c1-8(2)3-5-18-7-9-11(21)14(15,16)12(23-9)20-6-4-10(17)19-13(20)22/h4,6,8-9,11-12,18,21H,3,5,7H2,1-2H3,(H2,17,19,22)/t9-,11-,12-/m1/s1. The van der Waals surface area contributed by atoms with Gasteiger partial charge < -0.3 is 20.9 Å². The number of halogens is 2. The molecule has 2 rings (SSSR count). The summed E-state index contributed by atoms with van der Waals surface area (Å²) < 4.78 is 34.3. The largest absolute Gasteiger partial charge is 0.384 e. The summed E-state index contributed by atoms with van der Waals surface area (Å²) >= 11 is 0. The van der Waals surface area contributed by atoms with E-state index < -0.39 is 30.0 Å². The first kappa shape index (κ1) is 17.8. The number of hydrogen-bond donors (Lipinski definition) is 3. The lowest BCUT2D eigenvalue weighted by atomic mass is 10.1. The molecule has 23 heavy (non-hydrogen) atoms. The summed E-state index contributed by atoms with van der Waals surface area (Å²) in [7, 11) is 0. The number of rotatable bonds is 6. The lowest BCUT2D eigenvalue weighted by molar-refractivity contribution is -0.140. The van der Waals surface area contributed by atoms with Crippen molar-refractivity contribution in [2.75, 3.05) is 18.8 Å². The van der Waals surface area contributed by atoms with Crippen LogP contribution in [0.5, 0.6) is 0 Å². The number of ether oxygens (including phenoxy) is 1. The first-order chi connectivity index (χ1) is 10.7. The van der Waals surface area contributed by atoms with E-state index in [0.717, 1.165) is 12.6 Å². The summed E-state index contributed by atoms with van der Waals surface area (Å²) in [5, 5.41) is 12.8. The molecule has 0 saturated carbocycles. The van der Waals surface area contributed by atoms with Gasteiger partial charge in [-0.2, -0.15) is 13.8 Å². The molecule has 0 bridgehead atoms. The number of alkyl halides is 2. The number of anilines is 1. The summed E-state index contributed by atoms with van der Waals surface area (Å²) in [6, 6.07) is 1.22. The van der Waals surface area contributed by atoms with Crippen LogP contribution in [0.3, 0.4) is 0 Å². The van der Waals surface area contributed by atoms with Gasteiger partial charge in [0.2, 0.25) is 6.23 Å². The highest BCUT2D eigenvalue weighted by molar-refractivity contribution is 5.23. The predicted molar refractivity (Wildman–Crippen MR) is 80.1 cm³/mol. The Hall–Kier alpha value is -1.58. The Labute approximate surface area is 132 Å². The normalized spacial score (nSPS) is 26.8. The molecular formula is C14H22F2N4O3. The van der Waals surface area contributed by atoms with Gasteiger partial charge in [-0.25, -0.2) is 4.79 Å². The average molecular weight is 332 g/mol.